The monoisotopic (exact) mass is 314 g/mol. The summed E-state index contributed by atoms with van der Waals surface area (Å²) in [5.41, 5.74) is 0.639. The zero-order valence-electron chi connectivity index (χ0n) is 11.2. The first kappa shape index (κ1) is 16.5. The third-order valence-corrected chi connectivity index (χ3v) is 3.33. The van der Waals surface area contributed by atoms with Crippen molar-refractivity contribution in [2.75, 3.05) is 6.54 Å². The summed E-state index contributed by atoms with van der Waals surface area (Å²) in [5.74, 6) is -0.602. The van der Waals surface area contributed by atoms with Crippen LogP contribution in [-0.4, -0.2) is 24.4 Å². The minimum Gasteiger partial charge on any atom is -0.355 e. The Hall–Kier alpha value is -1.52. The van der Waals surface area contributed by atoms with Crippen LogP contribution in [0.5, 0.6) is 0 Å². The van der Waals surface area contributed by atoms with Gasteiger partial charge in [-0.15, -0.1) is 0 Å². The molecule has 0 aliphatic carbocycles. The minimum atomic E-state index is -0.595. The van der Waals surface area contributed by atoms with E-state index in [1.165, 1.54) is 6.08 Å². The summed E-state index contributed by atoms with van der Waals surface area (Å²) >= 11 is 11.9. The topological polar surface area (TPSA) is 58.2 Å². The van der Waals surface area contributed by atoms with E-state index in [1.807, 2.05) is 6.92 Å². The second-order valence-electron chi connectivity index (χ2n) is 4.10. The molecule has 4 nitrogen and oxygen atoms in total. The molecule has 108 valence electrons. The maximum absolute atomic E-state index is 11.7. The van der Waals surface area contributed by atoms with E-state index in [4.69, 9.17) is 23.2 Å². The number of rotatable bonds is 5. The van der Waals surface area contributed by atoms with E-state index in [-0.39, 0.29) is 11.8 Å². The minimum absolute atomic E-state index is 0.227. The predicted octanol–water partition coefficient (Wildman–Crippen LogP) is 2.65. The first-order chi connectivity index (χ1) is 9.45. The molecule has 6 heteroatoms. The third kappa shape index (κ3) is 4.87. The number of nitrogens with one attached hydrogen (secondary N) is 2. The SMILES string of the molecule is CCNC(=O)[C@@H](C)NC(=O)/C=C/c1cccc(Cl)c1Cl. The summed E-state index contributed by atoms with van der Waals surface area (Å²) in [7, 11) is 0. The molecule has 0 spiro atoms. The van der Waals surface area contributed by atoms with Crippen LogP contribution in [0.25, 0.3) is 6.08 Å². The zero-order valence-corrected chi connectivity index (χ0v) is 12.8. The van der Waals surface area contributed by atoms with Crippen LogP contribution in [-0.2, 0) is 9.59 Å². The molecule has 1 atom stereocenters. The van der Waals surface area contributed by atoms with Crippen LogP contribution < -0.4 is 10.6 Å². The average Bonchev–Trinajstić information content (AvgIpc) is 2.40. The molecule has 2 N–H and O–H groups in total. The number of hydrogen-bond acceptors (Lipinski definition) is 2. The van der Waals surface area contributed by atoms with Crippen molar-refractivity contribution in [2.24, 2.45) is 0 Å². The Morgan fingerprint density at radius 2 is 2.05 bits per heavy atom. The van der Waals surface area contributed by atoms with E-state index in [0.717, 1.165) is 0 Å². The highest BCUT2D eigenvalue weighted by molar-refractivity contribution is 6.42. The van der Waals surface area contributed by atoms with Crippen LogP contribution in [0, 0.1) is 0 Å². The number of carbonyl (C=O) groups excluding carboxylic acids is 2. The Balaban J connectivity index is 2.64. The molecule has 0 aliphatic rings. The van der Waals surface area contributed by atoms with Gasteiger partial charge in [0, 0.05) is 12.6 Å². The van der Waals surface area contributed by atoms with Crippen molar-refractivity contribution in [3.8, 4) is 0 Å². The Bertz CT molecular complexity index is 530. The summed E-state index contributed by atoms with van der Waals surface area (Å²) in [6.07, 6.45) is 2.86. The molecule has 0 fully saturated rings. The summed E-state index contributed by atoms with van der Waals surface area (Å²) in [4.78, 5) is 23.1. The molecule has 20 heavy (non-hydrogen) atoms. The Morgan fingerprint density at radius 3 is 2.70 bits per heavy atom. The maximum atomic E-state index is 11.7. The molecule has 0 bridgehead atoms. The highest BCUT2D eigenvalue weighted by Crippen LogP contribution is 2.26. The van der Waals surface area contributed by atoms with Gasteiger partial charge in [0.25, 0.3) is 0 Å². The van der Waals surface area contributed by atoms with E-state index in [9.17, 15) is 9.59 Å². The van der Waals surface area contributed by atoms with Crippen LogP contribution in [0.1, 0.15) is 19.4 Å². The van der Waals surface area contributed by atoms with E-state index < -0.39 is 6.04 Å². The van der Waals surface area contributed by atoms with E-state index in [0.29, 0.717) is 22.2 Å². The summed E-state index contributed by atoms with van der Waals surface area (Å²) in [6.45, 7) is 3.95. The lowest BCUT2D eigenvalue weighted by Gasteiger charge is -2.11. The van der Waals surface area contributed by atoms with Crippen molar-refractivity contribution < 1.29 is 9.59 Å². The fraction of sp³-hybridized carbons (Fsp3) is 0.286. The smallest absolute Gasteiger partial charge is 0.244 e. The van der Waals surface area contributed by atoms with Gasteiger partial charge in [0.1, 0.15) is 6.04 Å². The molecule has 1 aromatic rings. The van der Waals surface area contributed by atoms with Gasteiger partial charge >= 0.3 is 0 Å². The fourth-order valence-corrected chi connectivity index (χ4v) is 1.84. The third-order valence-electron chi connectivity index (χ3n) is 2.50. The molecule has 0 unspecified atom stereocenters. The van der Waals surface area contributed by atoms with Crippen LogP contribution >= 0.6 is 23.2 Å². The van der Waals surface area contributed by atoms with Crippen LogP contribution in [0.4, 0.5) is 0 Å². The lowest BCUT2D eigenvalue weighted by Crippen LogP contribution is -2.44. The molecule has 0 heterocycles. The first-order valence-corrected chi connectivity index (χ1v) is 6.91. The molecule has 0 aliphatic heterocycles. The highest BCUT2D eigenvalue weighted by Gasteiger charge is 2.12. The van der Waals surface area contributed by atoms with Crippen LogP contribution in [0.3, 0.4) is 0 Å². The lowest BCUT2D eigenvalue weighted by molar-refractivity contribution is -0.126. The van der Waals surface area contributed by atoms with Gasteiger partial charge in [-0.05, 0) is 31.6 Å². The molecule has 0 saturated heterocycles. The maximum Gasteiger partial charge on any atom is 0.244 e. The normalized spacial score (nSPS) is 12.2. The van der Waals surface area contributed by atoms with Gasteiger partial charge in [-0.25, -0.2) is 0 Å². The molecular weight excluding hydrogens is 299 g/mol. The van der Waals surface area contributed by atoms with Gasteiger partial charge in [0.2, 0.25) is 11.8 Å². The van der Waals surface area contributed by atoms with Crippen molar-refractivity contribution in [3.05, 3.63) is 39.9 Å². The first-order valence-electron chi connectivity index (χ1n) is 6.16. The highest BCUT2D eigenvalue weighted by atomic mass is 35.5. The summed E-state index contributed by atoms with van der Waals surface area (Å²) in [5, 5.41) is 5.99. The quantitative estimate of drug-likeness (QED) is 0.821. The summed E-state index contributed by atoms with van der Waals surface area (Å²) < 4.78 is 0. The lowest BCUT2D eigenvalue weighted by atomic mass is 10.2. The molecule has 1 aromatic carbocycles. The van der Waals surface area contributed by atoms with Crippen LogP contribution in [0.2, 0.25) is 10.0 Å². The number of amides is 2. The summed E-state index contributed by atoms with van der Waals surface area (Å²) in [6, 6.07) is 4.55. The van der Waals surface area contributed by atoms with Gasteiger partial charge in [-0.1, -0.05) is 35.3 Å². The van der Waals surface area contributed by atoms with Crippen molar-refractivity contribution in [2.45, 2.75) is 19.9 Å². The molecule has 2 amide bonds. The molecule has 0 saturated carbocycles. The molecule has 0 radical (unpaired) electrons. The largest absolute Gasteiger partial charge is 0.355 e. The van der Waals surface area contributed by atoms with Crippen molar-refractivity contribution in [1.82, 2.24) is 10.6 Å². The number of likely N-dealkylation sites (N-methyl/N-ethyl adjacent to an activating group) is 1. The zero-order chi connectivity index (χ0) is 15.1. The van der Waals surface area contributed by atoms with E-state index in [1.54, 1.807) is 31.2 Å². The standard InChI is InChI=1S/C14H16Cl2N2O2/c1-3-17-14(20)9(2)18-12(19)8-7-10-5-4-6-11(15)13(10)16/h4-9H,3H2,1-2H3,(H,17,20)(H,18,19)/b8-7+/t9-/m1/s1. The fourth-order valence-electron chi connectivity index (χ4n) is 1.47. The Labute approximate surface area is 128 Å². The van der Waals surface area contributed by atoms with Gasteiger partial charge in [0.05, 0.1) is 10.0 Å². The molecule has 1 rings (SSSR count). The number of halogens is 2. The number of hydrogen-bond donors (Lipinski definition) is 2. The van der Waals surface area contributed by atoms with E-state index in [2.05, 4.69) is 10.6 Å². The van der Waals surface area contributed by atoms with Crippen molar-refractivity contribution in [3.63, 3.8) is 0 Å². The molecular formula is C14H16Cl2N2O2. The Kier molecular flexibility index (Phi) is 6.55. The second kappa shape index (κ2) is 7.92. The second-order valence-corrected chi connectivity index (χ2v) is 4.89. The van der Waals surface area contributed by atoms with Gasteiger partial charge in [-0.2, -0.15) is 0 Å². The van der Waals surface area contributed by atoms with E-state index >= 15 is 0 Å². The number of carbonyl (C=O) groups is 2. The number of benzene rings is 1. The molecule has 0 aromatic heterocycles. The van der Waals surface area contributed by atoms with Crippen molar-refractivity contribution in [1.29, 1.82) is 0 Å². The van der Waals surface area contributed by atoms with Gasteiger partial charge in [-0.3, -0.25) is 9.59 Å². The average molecular weight is 315 g/mol. The van der Waals surface area contributed by atoms with Gasteiger partial charge < -0.3 is 10.6 Å². The Morgan fingerprint density at radius 1 is 1.35 bits per heavy atom. The van der Waals surface area contributed by atoms with Gasteiger partial charge in [0.15, 0.2) is 0 Å². The van der Waals surface area contributed by atoms with Crippen molar-refractivity contribution >= 4 is 41.1 Å². The van der Waals surface area contributed by atoms with Crippen LogP contribution in [0.15, 0.2) is 24.3 Å². The predicted molar refractivity (Wildman–Crippen MR) is 81.8 cm³/mol.